The molecule has 0 aliphatic carbocycles. The minimum atomic E-state index is -0.805. The summed E-state index contributed by atoms with van der Waals surface area (Å²) in [6.07, 6.45) is 0.999. The van der Waals surface area contributed by atoms with Crippen molar-refractivity contribution in [2.45, 2.75) is 33.9 Å². The highest BCUT2D eigenvalue weighted by Crippen LogP contribution is 2.38. The number of carbonyl (C=O) groups excluding carboxylic acids is 1. The van der Waals surface area contributed by atoms with Crippen LogP contribution in [0.15, 0.2) is 18.2 Å². The maximum atomic E-state index is 13.9. The summed E-state index contributed by atoms with van der Waals surface area (Å²) in [5, 5.41) is 14.0. The second-order valence-corrected chi connectivity index (χ2v) is 8.04. The van der Waals surface area contributed by atoms with Crippen molar-refractivity contribution in [1.29, 1.82) is 0 Å². The molecule has 0 radical (unpaired) electrons. The quantitative estimate of drug-likeness (QED) is 0.501. The van der Waals surface area contributed by atoms with E-state index in [-0.39, 0.29) is 11.7 Å². The van der Waals surface area contributed by atoms with Crippen molar-refractivity contribution in [3.05, 3.63) is 52.1 Å². The number of fused-ring (bicyclic) bond motifs is 1. The Kier molecular flexibility index (Phi) is 6.99. The molecular weight excluding hydrogens is 395 g/mol. The molecule has 2 aromatic rings. The lowest BCUT2D eigenvalue weighted by molar-refractivity contribution is -0.112. The van der Waals surface area contributed by atoms with E-state index >= 15 is 0 Å². The monoisotopic (exact) mass is 428 g/mol. The number of carbonyl (C=O) groups is 1. The van der Waals surface area contributed by atoms with Gasteiger partial charge in [-0.15, -0.1) is 0 Å². The molecule has 0 bridgehead atoms. The Hall–Kier alpha value is -2.48. The first-order chi connectivity index (χ1) is 14.7. The fraction of sp³-hybridized carbons (Fsp3) is 0.458. The normalized spacial score (nSPS) is 16.0. The van der Waals surface area contributed by atoms with Crippen LogP contribution in [0.5, 0.6) is 0 Å². The summed E-state index contributed by atoms with van der Waals surface area (Å²) in [7, 11) is 3.61. The van der Waals surface area contributed by atoms with Crippen LogP contribution in [-0.4, -0.2) is 53.7 Å². The number of nitrogens with one attached hydrogen (secondary N) is 1. The van der Waals surface area contributed by atoms with Crippen LogP contribution in [-0.2, 0) is 11.8 Å². The maximum absolute atomic E-state index is 13.9. The predicted octanol–water partition coefficient (Wildman–Crippen LogP) is 3.22. The van der Waals surface area contributed by atoms with E-state index in [0.717, 1.165) is 42.1 Å². The number of amides is 1. The van der Waals surface area contributed by atoms with Crippen molar-refractivity contribution in [1.82, 2.24) is 14.8 Å². The second-order valence-electron chi connectivity index (χ2n) is 8.04. The van der Waals surface area contributed by atoms with Gasteiger partial charge in [-0.2, -0.15) is 0 Å². The molecule has 1 aliphatic heterocycles. The van der Waals surface area contributed by atoms with Crippen LogP contribution < -0.4 is 10.2 Å². The average molecular weight is 429 g/mol. The van der Waals surface area contributed by atoms with Crippen molar-refractivity contribution in [3.8, 4) is 0 Å². The number of benzene rings is 1. The summed E-state index contributed by atoms with van der Waals surface area (Å²) in [5.41, 5.74) is 5.19. The minimum absolute atomic E-state index is 0.168. The van der Waals surface area contributed by atoms with Gasteiger partial charge in [0, 0.05) is 49.7 Å². The first-order valence-electron chi connectivity index (χ1n) is 10.8. The predicted molar refractivity (Wildman–Crippen MR) is 123 cm³/mol. The highest BCUT2D eigenvalue weighted by Gasteiger charge is 2.31. The Morgan fingerprint density at radius 1 is 1.23 bits per heavy atom. The zero-order valence-corrected chi connectivity index (χ0v) is 19.3. The van der Waals surface area contributed by atoms with E-state index in [9.17, 15) is 14.3 Å². The van der Waals surface area contributed by atoms with Gasteiger partial charge in [0.1, 0.15) is 12.0 Å². The van der Waals surface area contributed by atoms with Gasteiger partial charge in [-0.25, -0.2) is 4.39 Å². The Labute approximate surface area is 184 Å². The standard InChI is InChI=1S/C24H33FN4O2/c1-7-29(8-2)12-11-26-23(30)22-15(3)21(27(5)16(22)4)14-19-18-13-17(25)9-10-20(18)28(6)24(19)31/h9-10,13-14,23,26,30H,7-8,11-12H2,1-6H3. The summed E-state index contributed by atoms with van der Waals surface area (Å²) < 4.78 is 15.9. The molecule has 1 atom stereocenters. The molecule has 7 heteroatoms. The number of aromatic nitrogens is 1. The lowest BCUT2D eigenvalue weighted by atomic mass is 10.0. The first-order valence-corrected chi connectivity index (χ1v) is 10.8. The second kappa shape index (κ2) is 9.34. The molecule has 31 heavy (non-hydrogen) atoms. The number of rotatable bonds is 8. The Balaban J connectivity index is 1.93. The lowest BCUT2D eigenvalue weighted by Crippen LogP contribution is -2.34. The lowest BCUT2D eigenvalue weighted by Gasteiger charge is -2.20. The van der Waals surface area contributed by atoms with Gasteiger partial charge >= 0.3 is 0 Å². The van der Waals surface area contributed by atoms with Crippen molar-refractivity contribution in [2.75, 3.05) is 38.1 Å². The maximum Gasteiger partial charge on any atom is 0.258 e. The number of aliphatic hydroxyl groups is 1. The third-order valence-corrected chi connectivity index (χ3v) is 6.40. The molecule has 0 fully saturated rings. The molecule has 1 aromatic heterocycles. The van der Waals surface area contributed by atoms with Gasteiger partial charge in [-0.3, -0.25) is 10.1 Å². The Morgan fingerprint density at radius 3 is 2.55 bits per heavy atom. The molecule has 6 nitrogen and oxygen atoms in total. The van der Waals surface area contributed by atoms with Crippen molar-refractivity contribution >= 4 is 23.2 Å². The minimum Gasteiger partial charge on any atom is -0.374 e. The van der Waals surface area contributed by atoms with Gasteiger partial charge in [0.25, 0.3) is 5.91 Å². The van der Waals surface area contributed by atoms with Crippen LogP contribution in [0.25, 0.3) is 11.6 Å². The summed E-state index contributed by atoms with van der Waals surface area (Å²) >= 11 is 0. The number of nitrogens with zero attached hydrogens (tertiary/aromatic N) is 3. The van der Waals surface area contributed by atoms with E-state index in [1.165, 1.54) is 17.0 Å². The zero-order valence-electron chi connectivity index (χ0n) is 19.3. The molecular formula is C24H33FN4O2. The summed E-state index contributed by atoms with van der Waals surface area (Å²) in [6.45, 7) is 11.6. The fourth-order valence-electron chi connectivity index (χ4n) is 4.33. The van der Waals surface area contributed by atoms with E-state index in [1.807, 2.05) is 25.5 Å². The summed E-state index contributed by atoms with van der Waals surface area (Å²) in [5.74, 6) is -0.542. The van der Waals surface area contributed by atoms with Crippen LogP contribution in [0.2, 0.25) is 0 Å². The number of hydrogen-bond donors (Lipinski definition) is 2. The topological polar surface area (TPSA) is 60.7 Å². The fourth-order valence-corrected chi connectivity index (χ4v) is 4.33. The molecule has 1 aromatic carbocycles. The number of hydrogen-bond acceptors (Lipinski definition) is 4. The van der Waals surface area contributed by atoms with Crippen molar-refractivity contribution < 1.29 is 14.3 Å². The number of halogens is 1. The van der Waals surface area contributed by atoms with Crippen LogP contribution in [0.4, 0.5) is 10.1 Å². The van der Waals surface area contributed by atoms with Crippen LogP contribution in [0, 0.1) is 19.7 Å². The highest BCUT2D eigenvalue weighted by atomic mass is 19.1. The molecule has 0 spiro atoms. The third-order valence-electron chi connectivity index (χ3n) is 6.40. The van der Waals surface area contributed by atoms with Gasteiger partial charge in [-0.05, 0) is 56.8 Å². The van der Waals surface area contributed by atoms with E-state index in [4.69, 9.17) is 0 Å². The Morgan fingerprint density at radius 2 is 1.90 bits per heavy atom. The van der Waals surface area contributed by atoms with Gasteiger partial charge in [-0.1, -0.05) is 13.8 Å². The molecule has 168 valence electrons. The van der Waals surface area contributed by atoms with Crippen molar-refractivity contribution in [3.63, 3.8) is 0 Å². The number of anilines is 1. The summed E-state index contributed by atoms with van der Waals surface area (Å²) in [6, 6.07) is 4.39. The highest BCUT2D eigenvalue weighted by molar-refractivity contribution is 6.35. The summed E-state index contributed by atoms with van der Waals surface area (Å²) in [4.78, 5) is 16.7. The molecule has 0 saturated heterocycles. The van der Waals surface area contributed by atoms with Gasteiger partial charge < -0.3 is 19.5 Å². The molecule has 3 rings (SSSR count). The molecule has 1 unspecified atom stereocenters. The van der Waals surface area contributed by atoms with Crippen LogP contribution in [0.3, 0.4) is 0 Å². The van der Waals surface area contributed by atoms with E-state index in [2.05, 4.69) is 24.1 Å². The SMILES string of the molecule is CCN(CC)CCNC(O)c1c(C)c(C=C2C(=O)N(C)c3ccc(F)cc32)n(C)c1C. The van der Waals surface area contributed by atoms with E-state index in [1.54, 1.807) is 19.2 Å². The zero-order chi connectivity index (χ0) is 22.9. The molecule has 1 aliphatic rings. The van der Waals surface area contributed by atoms with Gasteiger partial charge in [0.05, 0.1) is 11.3 Å². The van der Waals surface area contributed by atoms with Crippen LogP contribution >= 0.6 is 0 Å². The smallest absolute Gasteiger partial charge is 0.258 e. The Bertz CT molecular complexity index is 1010. The molecule has 0 saturated carbocycles. The van der Waals surface area contributed by atoms with Crippen molar-refractivity contribution in [2.24, 2.45) is 7.05 Å². The molecule has 2 N–H and O–H groups in total. The van der Waals surface area contributed by atoms with E-state index < -0.39 is 6.23 Å². The largest absolute Gasteiger partial charge is 0.374 e. The van der Waals surface area contributed by atoms with Gasteiger partial charge in [0.15, 0.2) is 0 Å². The van der Waals surface area contributed by atoms with Crippen LogP contribution in [0.1, 0.15) is 48.2 Å². The molecule has 2 heterocycles. The average Bonchev–Trinajstić information content (AvgIpc) is 3.10. The van der Waals surface area contributed by atoms with E-state index in [0.29, 0.717) is 23.4 Å². The third kappa shape index (κ3) is 4.31. The number of likely N-dealkylation sites (N-methyl/N-ethyl adjacent to an activating group) is 2. The van der Waals surface area contributed by atoms with Gasteiger partial charge in [0.2, 0.25) is 0 Å². The number of aliphatic hydroxyl groups excluding tert-OH is 1. The first kappa shape index (κ1) is 23.2. The molecule has 1 amide bonds.